The number of aryl methyl sites for hydroxylation is 1. The van der Waals surface area contributed by atoms with Crippen molar-refractivity contribution in [3.8, 4) is 0 Å². The van der Waals surface area contributed by atoms with E-state index in [0.29, 0.717) is 12.4 Å². The first-order valence-electron chi connectivity index (χ1n) is 6.03. The highest BCUT2D eigenvalue weighted by Crippen LogP contribution is 2.30. The first kappa shape index (κ1) is 13.3. The molecule has 0 aliphatic carbocycles. The average Bonchev–Trinajstić information content (AvgIpc) is 2.79. The van der Waals surface area contributed by atoms with Crippen molar-refractivity contribution in [1.82, 2.24) is 9.97 Å². The van der Waals surface area contributed by atoms with Gasteiger partial charge in [-0.1, -0.05) is 12.1 Å². The Balaban J connectivity index is 1.90. The first-order chi connectivity index (χ1) is 9.63. The topological polar surface area (TPSA) is 37.8 Å². The Morgan fingerprint density at radius 1 is 1.25 bits per heavy atom. The maximum absolute atomic E-state index is 12.9. The second-order valence-corrected chi connectivity index (χ2v) is 5.62. The Bertz CT molecular complexity index is 755. The van der Waals surface area contributed by atoms with Crippen molar-refractivity contribution < 1.29 is 4.39 Å². The fourth-order valence-corrected chi connectivity index (χ4v) is 3.11. The Morgan fingerprint density at radius 3 is 2.75 bits per heavy atom. The van der Waals surface area contributed by atoms with E-state index in [1.54, 1.807) is 23.5 Å². The molecule has 0 bridgehead atoms. The van der Waals surface area contributed by atoms with Gasteiger partial charge in [0.25, 0.3) is 0 Å². The number of nitrogens with one attached hydrogen (secondary N) is 1. The standard InChI is InChI=1S/C14H11ClFN3S/c1-8-7-20-13-11(8)12(18-14(15)19-13)17-6-9-2-4-10(16)5-3-9/h2-5,7H,6H2,1H3,(H,17,18,19). The lowest BCUT2D eigenvalue weighted by Crippen LogP contribution is -2.03. The van der Waals surface area contributed by atoms with Crippen LogP contribution in [-0.4, -0.2) is 9.97 Å². The Labute approximate surface area is 124 Å². The van der Waals surface area contributed by atoms with Crippen LogP contribution < -0.4 is 5.32 Å². The zero-order chi connectivity index (χ0) is 14.1. The van der Waals surface area contributed by atoms with Crippen LogP contribution in [0, 0.1) is 12.7 Å². The summed E-state index contributed by atoms with van der Waals surface area (Å²) in [6.07, 6.45) is 0. The molecule has 3 rings (SSSR count). The lowest BCUT2D eigenvalue weighted by Gasteiger charge is -2.08. The largest absolute Gasteiger partial charge is 0.365 e. The molecule has 0 saturated carbocycles. The molecule has 0 fully saturated rings. The second kappa shape index (κ2) is 5.34. The van der Waals surface area contributed by atoms with E-state index in [9.17, 15) is 4.39 Å². The molecule has 2 heterocycles. The van der Waals surface area contributed by atoms with E-state index >= 15 is 0 Å². The molecule has 0 saturated heterocycles. The molecule has 6 heteroatoms. The molecule has 0 radical (unpaired) electrons. The van der Waals surface area contributed by atoms with E-state index in [-0.39, 0.29) is 11.1 Å². The van der Waals surface area contributed by atoms with Crippen molar-refractivity contribution in [3.63, 3.8) is 0 Å². The van der Waals surface area contributed by atoms with Crippen molar-refractivity contribution in [2.45, 2.75) is 13.5 Å². The molecule has 0 unspecified atom stereocenters. The monoisotopic (exact) mass is 307 g/mol. The minimum Gasteiger partial charge on any atom is -0.365 e. The van der Waals surface area contributed by atoms with Crippen LogP contribution in [0.4, 0.5) is 10.2 Å². The first-order valence-corrected chi connectivity index (χ1v) is 7.29. The molecule has 102 valence electrons. The number of hydrogen-bond acceptors (Lipinski definition) is 4. The number of benzene rings is 1. The van der Waals surface area contributed by atoms with Crippen molar-refractivity contribution in [3.05, 3.63) is 51.9 Å². The third-order valence-electron chi connectivity index (χ3n) is 2.96. The summed E-state index contributed by atoms with van der Waals surface area (Å²) < 4.78 is 12.9. The summed E-state index contributed by atoms with van der Waals surface area (Å²) in [5, 5.41) is 6.48. The minimum atomic E-state index is -0.241. The molecule has 20 heavy (non-hydrogen) atoms. The molecule has 0 atom stereocenters. The molecular weight excluding hydrogens is 297 g/mol. The van der Waals surface area contributed by atoms with Gasteiger partial charge >= 0.3 is 0 Å². The summed E-state index contributed by atoms with van der Waals surface area (Å²) in [7, 11) is 0. The summed E-state index contributed by atoms with van der Waals surface area (Å²) in [6, 6.07) is 6.36. The van der Waals surface area contributed by atoms with Crippen LogP contribution in [0.25, 0.3) is 10.2 Å². The Hall–Kier alpha value is -1.72. The number of rotatable bonds is 3. The fraction of sp³-hybridized carbons (Fsp3) is 0.143. The van der Waals surface area contributed by atoms with Crippen LogP contribution in [0.1, 0.15) is 11.1 Å². The maximum atomic E-state index is 12.9. The normalized spacial score (nSPS) is 10.9. The predicted molar refractivity (Wildman–Crippen MR) is 80.9 cm³/mol. The van der Waals surface area contributed by atoms with Crippen LogP contribution >= 0.6 is 22.9 Å². The van der Waals surface area contributed by atoms with Gasteiger partial charge in [0, 0.05) is 6.54 Å². The molecule has 2 aromatic heterocycles. The van der Waals surface area contributed by atoms with Crippen molar-refractivity contribution in [2.24, 2.45) is 0 Å². The third-order valence-corrected chi connectivity index (χ3v) is 4.12. The summed E-state index contributed by atoms with van der Waals surface area (Å²) in [4.78, 5) is 9.31. The van der Waals surface area contributed by atoms with E-state index < -0.39 is 0 Å². The number of anilines is 1. The molecule has 0 aliphatic rings. The lowest BCUT2D eigenvalue weighted by molar-refractivity contribution is 0.627. The van der Waals surface area contributed by atoms with Gasteiger partial charge in [-0.2, -0.15) is 0 Å². The van der Waals surface area contributed by atoms with Crippen LogP contribution in [0.2, 0.25) is 5.28 Å². The number of hydrogen-bond donors (Lipinski definition) is 1. The van der Waals surface area contributed by atoms with Crippen molar-refractivity contribution >= 4 is 39.0 Å². The van der Waals surface area contributed by atoms with E-state index in [0.717, 1.165) is 21.3 Å². The van der Waals surface area contributed by atoms with Gasteiger partial charge in [-0.25, -0.2) is 14.4 Å². The van der Waals surface area contributed by atoms with Gasteiger partial charge in [0.1, 0.15) is 16.5 Å². The zero-order valence-corrected chi connectivity index (χ0v) is 12.2. The fourth-order valence-electron chi connectivity index (χ4n) is 1.97. The van der Waals surface area contributed by atoms with Gasteiger partial charge < -0.3 is 5.32 Å². The average molecular weight is 308 g/mol. The molecular formula is C14H11ClFN3S. The maximum Gasteiger partial charge on any atom is 0.225 e. The van der Waals surface area contributed by atoms with Crippen LogP contribution in [0.3, 0.4) is 0 Å². The van der Waals surface area contributed by atoms with E-state index in [4.69, 9.17) is 11.6 Å². The lowest BCUT2D eigenvalue weighted by atomic mass is 10.2. The van der Waals surface area contributed by atoms with Gasteiger partial charge in [0.2, 0.25) is 5.28 Å². The van der Waals surface area contributed by atoms with Crippen LogP contribution in [0.15, 0.2) is 29.6 Å². The highest BCUT2D eigenvalue weighted by atomic mass is 35.5. The van der Waals surface area contributed by atoms with Crippen LogP contribution in [-0.2, 0) is 6.54 Å². The van der Waals surface area contributed by atoms with Gasteiger partial charge in [0.15, 0.2) is 0 Å². The summed E-state index contributed by atoms with van der Waals surface area (Å²) in [5.41, 5.74) is 2.09. The number of fused-ring (bicyclic) bond motifs is 1. The SMILES string of the molecule is Cc1csc2nc(Cl)nc(NCc3ccc(F)cc3)c12. The second-order valence-electron chi connectivity index (χ2n) is 4.42. The highest BCUT2D eigenvalue weighted by Gasteiger charge is 2.10. The van der Waals surface area contributed by atoms with E-state index in [2.05, 4.69) is 15.3 Å². The van der Waals surface area contributed by atoms with Crippen molar-refractivity contribution in [2.75, 3.05) is 5.32 Å². The summed E-state index contributed by atoms with van der Waals surface area (Å²) in [6.45, 7) is 2.57. The number of halogens is 2. The van der Waals surface area contributed by atoms with Crippen LogP contribution in [0.5, 0.6) is 0 Å². The van der Waals surface area contributed by atoms with Gasteiger partial charge in [-0.15, -0.1) is 11.3 Å². The quantitative estimate of drug-likeness (QED) is 0.729. The van der Waals surface area contributed by atoms with Gasteiger partial charge in [-0.05, 0) is 47.2 Å². The van der Waals surface area contributed by atoms with Crippen molar-refractivity contribution in [1.29, 1.82) is 0 Å². The molecule has 0 amide bonds. The van der Waals surface area contributed by atoms with Gasteiger partial charge in [-0.3, -0.25) is 0 Å². The number of thiophene rings is 1. The summed E-state index contributed by atoms with van der Waals surface area (Å²) in [5.74, 6) is 0.470. The molecule has 1 aromatic carbocycles. The number of aromatic nitrogens is 2. The predicted octanol–water partition coefficient (Wildman–Crippen LogP) is 4.40. The third kappa shape index (κ3) is 2.59. The van der Waals surface area contributed by atoms with E-state index in [1.807, 2.05) is 12.3 Å². The molecule has 3 aromatic rings. The molecule has 0 spiro atoms. The Morgan fingerprint density at radius 2 is 2.00 bits per heavy atom. The zero-order valence-electron chi connectivity index (χ0n) is 10.7. The molecule has 1 N–H and O–H groups in total. The minimum absolute atomic E-state index is 0.223. The Kier molecular flexibility index (Phi) is 3.54. The molecule has 0 aliphatic heterocycles. The van der Waals surface area contributed by atoms with E-state index in [1.165, 1.54) is 12.1 Å². The highest BCUT2D eigenvalue weighted by molar-refractivity contribution is 7.17. The smallest absolute Gasteiger partial charge is 0.225 e. The number of nitrogens with zero attached hydrogens (tertiary/aromatic N) is 2. The molecule has 3 nitrogen and oxygen atoms in total. The summed E-state index contributed by atoms with van der Waals surface area (Å²) >= 11 is 7.47. The van der Waals surface area contributed by atoms with Gasteiger partial charge in [0.05, 0.1) is 5.39 Å².